The second-order valence-electron chi connectivity index (χ2n) is 4.22. The highest BCUT2D eigenvalue weighted by Gasteiger charge is 2.04. The van der Waals surface area contributed by atoms with Gasteiger partial charge in [0, 0.05) is 31.7 Å². The molecule has 0 unspecified atom stereocenters. The molecule has 1 amide bonds. The van der Waals surface area contributed by atoms with Crippen molar-refractivity contribution in [3.8, 4) is 5.75 Å². The van der Waals surface area contributed by atoms with Crippen molar-refractivity contribution in [2.75, 3.05) is 26.9 Å². The number of halogens is 2. The minimum Gasteiger partial charge on any atom is -0.492 e. The van der Waals surface area contributed by atoms with Gasteiger partial charge in [-0.3, -0.25) is 4.79 Å². The van der Waals surface area contributed by atoms with Crippen LogP contribution < -0.4 is 10.1 Å². The van der Waals surface area contributed by atoms with Crippen LogP contribution >= 0.6 is 23.2 Å². The molecule has 0 spiro atoms. The molecule has 0 radical (unpaired) electrons. The Bertz CT molecular complexity index is 427. The monoisotopic (exact) mass is 319 g/mol. The van der Waals surface area contributed by atoms with E-state index in [1.54, 1.807) is 25.3 Å². The Morgan fingerprint density at radius 1 is 1.25 bits per heavy atom. The van der Waals surface area contributed by atoms with Crippen molar-refractivity contribution in [1.29, 1.82) is 0 Å². The van der Waals surface area contributed by atoms with E-state index in [0.717, 1.165) is 6.42 Å². The summed E-state index contributed by atoms with van der Waals surface area (Å²) in [5, 5.41) is 3.86. The molecule has 20 heavy (non-hydrogen) atoms. The van der Waals surface area contributed by atoms with E-state index < -0.39 is 0 Å². The van der Waals surface area contributed by atoms with Gasteiger partial charge in [0.15, 0.2) is 0 Å². The Kier molecular flexibility index (Phi) is 8.42. The van der Waals surface area contributed by atoms with Gasteiger partial charge in [0.05, 0.1) is 11.6 Å². The van der Waals surface area contributed by atoms with Gasteiger partial charge in [0.25, 0.3) is 0 Å². The van der Waals surface area contributed by atoms with Gasteiger partial charge in [0.2, 0.25) is 5.91 Å². The predicted octanol–water partition coefficient (Wildman–Crippen LogP) is 3.31. The van der Waals surface area contributed by atoms with E-state index in [0.29, 0.717) is 48.4 Å². The summed E-state index contributed by atoms with van der Waals surface area (Å²) in [6.07, 6.45) is 1.88. The minimum atomic E-state index is 0.0203. The molecule has 0 aliphatic carbocycles. The van der Waals surface area contributed by atoms with E-state index in [4.69, 9.17) is 32.7 Å². The van der Waals surface area contributed by atoms with Crippen LogP contribution in [0.25, 0.3) is 0 Å². The summed E-state index contributed by atoms with van der Waals surface area (Å²) in [5.74, 6) is 0.600. The van der Waals surface area contributed by atoms with Crippen LogP contribution in [0.5, 0.6) is 5.75 Å². The van der Waals surface area contributed by atoms with Crippen molar-refractivity contribution >= 4 is 29.1 Å². The van der Waals surface area contributed by atoms with Crippen molar-refractivity contribution < 1.29 is 14.3 Å². The third kappa shape index (κ3) is 6.98. The Hall–Kier alpha value is -0.970. The molecule has 0 aliphatic heterocycles. The van der Waals surface area contributed by atoms with Gasteiger partial charge >= 0.3 is 0 Å². The van der Waals surface area contributed by atoms with Gasteiger partial charge in [-0.2, -0.15) is 0 Å². The fourth-order valence-corrected chi connectivity index (χ4v) is 2.00. The lowest BCUT2D eigenvalue weighted by atomic mass is 10.3. The molecule has 1 aromatic rings. The van der Waals surface area contributed by atoms with Gasteiger partial charge in [-0.15, -0.1) is 0 Å². The van der Waals surface area contributed by atoms with Gasteiger partial charge < -0.3 is 14.8 Å². The third-order valence-electron chi connectivity index (χ3n) is 2.55. The molecule has 0 fully saturated rings. The average Bonchev–Trinajstić information content (AvgIpc) is 2.41. The Morgan fingerprint density at radius 2 is 2.05 bits per heavy atom. The lowest BCUT2D eigenvalue weighted by Gasteiger charge is -2.08. The third-order valence-corrected chi connectivity index (χ3v) is 3.08. The number of methoxy groups -OCH3 is 1. The molecule has 1 N–H and O–H groups in total. The van der Waals surface area contributed by atoms with E-state index in [1.807, 2.05) is 0 Å². The SMILES string of the molecule is COCCCNC(=O)CCCOc1ccc(Cl)cc1Cl. The quantitative estimate of drug-likeness (QED) is 0.710. The van der Waals surface area contributed by atoms with Crippen molar-refractivity contribution in [3.63, 3.8) is 0 Å². The molecule has 112 valence electrons. The van der Waals surface area contributed by atoms with Crippen LogP contribution in [0, 0.1) is 0 Å². The summed E-state index contributed by atoms with van der Waals surface area (Å²) in [6, 6.07) is 5.06. The zero-order valence-corrected chi connectivity index (χ0v) is 13.0. The number of benzene rings is 1. The van der Waals surface area contributed by atoms with Gasteiger partial charge in [-0.25, -0.2) is 0 Å². The summed E-state index contributed by atoms with van der Waals surface area (Å²) in [7, 11) is 1.64. The topological polar surface area (TPSA) is 47.6 Å². The summed E-state index contributed by atoms with van der Waals surface area (Å²) < 4.78 is 10.4. The second-order valence-corrected chi connectivity index (χ2v) is 5.07. The lowest BCUT2D eigenvalue weighted by molar-refractivity contribution is -0.121. The number of hydrogen-bond acceptors (Lipinski definition) is 3. The van der Waals surface area contributed by atoms with E-state index >= 15 is 0 Å². The molecular formula is C14H19Cl2NO3. The van der Waals surface area contributed by atoms with Crippen LogP contribution in [0.1, 0.15) is 19.3 Å². The average molecular weight is 320 g/mol. The summed E-state index contributed by atoms with van der Waals surface area (Å²) in [4.78, 5) is 11.5. The molecule has 0 aromatic heterocycles. The van der Waals surface area contributed by atoms with Crippen LogP contribution in [0.15, 0.2) is 18.2 Å². The molecule has 1 rings (SSSR count). The van der Waals surface area contributed by atoms with Crippen molar-refractivity contribution in [2.24, 2.45) is 0 Å². The number of carbonyl (C=O) groups is 1. The largest absolute Gasteiger partial charge is 0.492 e. The van der Waals surface area contributed by atoms with Crippen LogP contribution in [0.3, 0.4) is 0 Å². The van der Waals surface area contributed by atoms with Crippen LogP contribution in [0.2, 0.25) is 10.0 Å². The fraction of sp³-hybridized carbons (Fsp3) is 0.500. The molecule has 0 saturated heterocycles. The minimum absolute atomic E-state index is 0.0203. The maximum absolute atomic E-state index is 11.5. The fourth-order valence-electron chi connectivity index (χ4n) is 1.54. The van der Waals surface area contributed by atoms with Crippen molar-refractivity contribution in [2.45, 2.75) is 19.3 Å². The van der Waals surface area contributed by atoms with Gasteiger partial charge in [0.1, 0.15) is 5.75 Å². The summed E-state index contributed by atoms with van der Waals surface area (Å²) in [5.41, 5.74) is 0. The van der Waals surface area contributed by atoms with Gasteiger partial charge in [-0.05, 0) is 31.0 Å². The van der Waals surface area contributed by atoms with E-state index in [-0.39, 0.29) is 5.91 Å². The van der Waals surface area contributed by atoms with Crippen LogP contribution in [-0.2, 0) is 9.53 Å². The first-order valence-corrected chi connectivity index (χ1v) is 7.22. The Balaban J connectivity index is 2.13. The number of nitrogens with one attached hydrogen (secondary N) is 1. The summed E-state index contributed by atoms with van der Waals surface area (Å²) in [6.45, 7) is 1.72. The zero-order valence-electron chi connectivity index (χ0n) is 11.5. The standard InChI is InChI=1S/C14H19Cl2NO3/c1-19-8-3-7-17-14(18)4-2-9-20-13-6-5-11(15)10-12(13)16/h5-6,10H,2-4,7-9H2,1H3,(H,17,18). The van der Waals surface area contributed by atoms with Crippen molar-refractivity contribution in [3.05, 3.63) is 28.2 Å². The highest BCUT2D eigenvalue weighted by Crippen LogP contribution is 2.27. The molecule has 6 heteroatoms. The maximum atomic E-state index is 11.5. The zero-order chi connectivity index (χ0) is 14.8. The first kappa shape index (κ1) is 17.1. The smallest absolute Gasteiger partial charge is 0.220 e. The first-order valence-electron chi connectivity index (χ1n) is 6.47. The van der Waals surface area contributed by atoms with Crippen LogP contribution in [-0.4, -0.2) is 32.8 Å². The van der Waals surface area contributed by atoms with E-state index in [2.05, 4.69) is 5.32 Å². The maximum Gasteiger partial charge on any atom is 0.220 e. The van der Waals surface area contributed by atoms with E-state index in [9.17, 15) is 4.79 Å². The molecule has 0 atom stereocenters. The lowest BCUT2D eigenvalue weighted by Crippen LogP contribution is -2.25. The molecule has 0 saturated carbocycles. The highest BCUT2D eigenvalue weighted by atomic mass is 35.5. The Morgan fingerprint density at radius 3 is 2.75 bits per heavy atom. The van der Waals surface area contributed by atoms with Gasteiger partial charge in [-0.1, -0.05) is 23.2 Å². The molecule has 0 heterocycles. The first-order chi connectivity index (χ1) is 9.63. The molecule has 4 nitrogen and oxygen atoms in total. The normalized spacial score (nSPS) is 10.3. The predicted molar refractivity (Wildman–Crippen MR) is 80.7 cm³/mol. The molecule has 0 aliphatic rings. The summed E-state index contributed by atoms with van der Waals surface area (Å²) >= 11 is 11.8. The Labute approximate surface area is 129 Å². The number of amides is 1. The molecule has 0 bridgehead atoms. The molecular weight excluding hydrogens is 301 g/mol. The van der Waals surface area contributed by atoms with Crippen molar-refractivity contribution in [1.82, 2.24) is 5.32 Å². The second kappa shape index (κ2) is 9.86. The number of ether oxygens (including phenoxy) is 2. The molecule has 1 aromatic carbocycles. The highest BCUT2D eigenvalue weighted by molar-refractivity contribution is 6.35. The number of hydrogen-bond donors (Lipinski definition) is 1. The van der Waals surface area contributed by atoms with E-state index in [1.165, 1.54) is 0 Å². The van der Waals surface area contributed by atoms with Crippen LogP contribution in [0.4, 0.5) is 0 Å². The number of rotatable bonds is 9. The number of carbonyl (C=O) groups excluding carboxylic acids is 1.